The Morgan fingerprint density at radius 2 is 1.77 bits per heavy atom. The summed E-state index contributed by atoms with van der Waals surface area (Å²) in [5.74, 6) is -0.363. The lowest BCUT2D eigenvalue weighted by atomic mass is 10.1. The Hall–Kier alpha value is -1.76. The number of carbonyl (C=O) groups excluding carboxylic acids is 1. The number of hydrogen-bond acceptors (Lipinski definition) is 4. The molecule has 2 rings (SSSR count). The van der Waals surface area contributed by atoms with E-state index in [1.807, 2.05) is 4.90 Å². The molecule has 1 saturated heterocycles. The first-order valence-corrected chi connectivity index (χ1v) is 7.13. The minimum absolute atomic E-state index is 0.169. The lowest BCUT2D eigenvalue weighted by Crippen LogP contribution is -2.48. The summed E-state index contributed by atoms with van der Waals surface area (Å²) in [6.45, 7) is 7.28. The third-order valence-electron chi connectivity index (χ3n) is 3.69. The van der Waals surface area contributed by atoms with Crippen LogP contribution in [0.1, 0.15) is 24.2 Å². The first-order chi connectivity index (χ1) is 10.3. The van der Waals surface area contributed by atoms with E-state index in [4.69, 9.17) is 0 Å². The Morgan fingerprint density at radius 1 is 1.14 bits per heavy atom. The third kappa shape index (κ3) is 4.37. The fourth-order valence-electron chi connectivity index (χ4n) is 2.55. The van der Waals surface area contributed by atoms with E-state index >= 15 is 0 Å². The molecule has 1 aromatic carbocycles. The molecule has 7 heteroatoms. The van der Waals surface area contributed by atoms with Crippen molar-refractivity contribution < 1.29 is 22.7 Å². The van der Waals surface area contributed by atoms with Crippen LogP contribution in [0.3, 0.4) is 0 Å². The van der Waals surface area contributed by atoms with E-state index in [0.717, 1.165) is 19.2 Å². The van der Waals surface area contributed by atoms with Gasteiger partial charge in [0.15, 0.2) is 0 Å². The highest BCUT2D eigenvalue weighted by Crippen LogP contribution is 2.29. The van der Waals surface area contributed by atoms with Crippen LogP contribution in [0.25, 0.3) is 0 Å². The number of alkyl halides is 3. The Balaban J connectivity index is 2.17. The van der Waals surface area contributed by atoms with Gasteiger partial charge in [0.25, 0.3) is 0 Å². The summed E-state index contributed by atoms with van der Waals surface area (Å²) in [6.07, 6.45) is -4.24. The first kappa shape index (κ1) is 16.6. The van der Waals surface area contributed by atoms with Crippen LogP contribution < -0.4 is 9.64 Å². The van der Waals surface area contributed by atoms with E-state index in [2.05, 4.69) is 23.5 Å². The van der Waals surface area contributed by atoms with Gasteiger partial charge in [0.1, 0.15) is 12.0 Å². The molecular weight excluding hydrogens is 297 g/mol. The standard InChI is InChI=1S/C15H19F3N2O2/c1-11(2)19-3-5-20(6-4-19)13-7-12(10-21)8-14(9-13)22-15(16,17)18/h7-11H,3-6H2,1-2H3. The molecule has 0 saturated carbocycles. The number of aldehydes is 1. The minimum atomic E-state index is -4.77. The second-order valence-electron chi connectivity index (χ2n) is 5.54. The van der Waals surface area contributed by atoms with Gasteiger partial charge in [0, 0.05) is 49.5 Å². The molecule has 1 fully saturated rings. The van der Waals surface area contributed by atoms with Crippen molar-refractivity contribution in [3.63, 3.8) is 0 Å². The predicted octanol–water partition coefficient (Wildman–Crippen LogP) is 2.93. The second kappa shape index (κ2) is 6.56. The van der Waals surface area contributed by atoms with Gasteiger partial charge in [-0.25, -0.2) is 0 Å². The number of nitrogens with zero attached hydrogens (tertiary/aromatic N) is 2. The summed E-state index contributed by atoms with van der Waals surface area (Å²) >= 11 is 0. The van der Waals surface area contributed by atoms with Gasteiger partial charge >= 0.3 is 6.36 Å². The summed E-state index contributed by atoms with van der Waals surface area (Å²) in [5.41, 5.74) is 0.746. The maximum Gasteiger partial charge on any atom is 0.573 e. The normalized spacial score (nSPS) is 16.9. The average Bonchev–Trinajstić information content (AvgIpc) is 2.45. The summed E-state index contributed by atoms with van der Waals surface area (Å²) in [4.78, 5) is 15.2. The Bertz CT molecular complexity index is 524. The first-order valence-electron chi connectivity index (χ1n) is 7.13. The van der Waals surface area contributed by atoms with E-state index in [9.17, 15) is 18.0 Å². The zero-order valence-electron chi connectivity index (χ0n) is 12.6. The van der Waals surface area contributed by atoms with E-state index < -0.39 is 6.36 Å². The monoisotopic (exact) mass is 316 g/mol. The number of carbonyl (C=O) groups is 1. The fourth-order valence-corrected chi connectivity index (χ4v) is 2.55. The average molecular weight is 316 g/mol. The highest BCUT2D eigenvalue weighted by molar-refractivity contribution is 5.78. The number of ether oxygens (including phenoxy) is 1. The van der Waals surface area contributed by atoms with Crippen LogP contribution in [0, 0.1) is 0 Å². The second-order valence-corrected chi connectivity index (χ2v) is 5.54. The van der Waals surface area contributed by atoms with Crippen LogP contribution in [-0.2, 0) is 0 Å². The largest absolute Gasteiger partial charge is 0.573 e. The number of piperazine rings is 1. The summed E-state index contributed by atoms with van der Waals surface area (Å²) in [6, 6.07) is 4.44. The van der Waals surface area contributed by atoms with E-state index in [1.54, 1.807) is 6.07 Å². The molecule has 0 amide bonds. The molecule has 0 N–H and O–H groups in total. The van der Waals surface area contributed by atoms with Crippen LogP contribution in [-0.4, -0.2) is 49.8 Å². The third-order valence-corrected chi connectivity index (χ3v) is 3.69. The molecule has 1 aliphatic heterocycles. The molecule has 4 nitrogen and oxygen atoms in total. The SMILES string of the molecule is CC(C)N1CCN(c2cc(C=O)cc(OC(F)(F)F)c2)CC1. The smallest absolute Gasteiger partial charge is 0.406 e. The number of hydrogen-bond donors (Lipinski definition) is 0. The Labute approximate surface area is 127 Å². The van der Waals surface area contributed by atoms with Crippen LogP contribution >= 0.6 is 0 Å². The van der Waals surface area contributed by atoms with Crippen molar-refractivity contribution in [3.05, 3.63) is 23.8 Å². The fraction of sp³-hybridized carbons (Fsp3) is 0.533. The van der Waals surface area contributed by atoms with Gasteiger partial charge in [0.2, 0.25) is 0 Å². The van der Waals surface area contributed by atoms with E-state index in [0.29, 0.717) is 31.1 Å². The van der Waals surface area contributed by atoms with Gasteiger partial charge in [0.05, 0.1) is 0 Å². The highest BCUT2D eigenvalue weighted by atomic mass is 19.4. The van der Waals surface area contributed by atoms with Crippen LogP contribution in [0.5, 0.6) is 5.75 Å². The van der Waals surface area contributed by atoms with Gasteiger partial charge in [-0.1, -0.05) is 0 Å². The molecule has 1 aromatic rings. The molecule has 0 unspecified atom stereocenters. The predicted molar refractivity (Wildman–Crippen MR) is 77.4 cm³/mol. The summed E-state index contributed by atoms with van der Waals surface area (Å²) in [7, 11) is 0. The Morgan fingerprint density at radius 3 is 2.27 bits per heavy atom. The van der Waals surface area contributed by atoms with Crippen molar-refractivity contribution in [2.75, 3.05) is 31.1 Å². The van der Waals surface area contributed by atoms with Gasteiger partial charge < -0.3 is 9.64 Å². The maximum absolute atomic E-state index is 12.4. The molecule has 22 heavy (non-hydrogen) atoms. The zero-order valence-corrected chi connectivity index (χ0v) is 12.6. The number of rotatable bonds is 4. The number of benzene rings is 1. The van der Waals surface area contributed by atoms with Crippen molar-refractivity contribution in [1.82, 2.24) is 4.90 Å². The molecular formula is C15H19F3N2O2. The number of halogens is 3. The van der Waals surface area contributed by atoms with Crippen LogP contribution in [0.15, 0.2) is 18.2 Å². The molecule has 1 aliphatic rings. The minimum Gasteiger partial charge on any atom is -0.406 e. The summed E-state index contributed by atoms with van der Waals surface area (Å²) in [5, 5.41) is 0. The van der Waals surface area contributed by atoms with Crippen molar-refractivity contribution in [2.24, 2.45) is 0 Å². The molecule has 0 radical (unpaired) electrons. The van der Waals surface area contributed by atoms with E-state index in [1.165, 1.54) is 6.07 Å². The molecule has 122 valence electrons. The highest BCUT2D eigenvalue weighted by Gasteiger charge is 2.31. The topological polar surface area (TPSA) is 32.8 Å². The molecule has 1 heterocycles. The van der Waals surface area contributed by atoms with Crippen molar-refractivity contribution >= 4 is 12.0 Å². The molecule has 0 spiro atoms. The van der Waals surface area contributed by atoms with Gasteiger partial charge in [-0.05, 0) is 26.0 Å². The Kier molecular flexibility index (Phi) is 4.95. The summed E-state index contributed by atoms with van der Waals surface area (Å²) < 4.78 is 41.0. The van der Waals surface area contributed by atoms with Gasteiger partial charge in [-0.3, -0.25) is 9.69 Å². The number of anilines is 1. The van der Waals surface area contributed by atoms with E-state index in [-0.39, 0.29) is 11.3 Å². The lowest BCUT2D eigenvalue weighted by molar-refractivity contribution is -0.274. The van der Waals surface area contributed by atoms with Crippen molar-refractivity contribution in [2.45, 2.75) is 26.3 Å². The molecule has 0 bridgehead atoms. The van der Waals surface area contributed by atoms with Crippen LogP contribution in [0.4, 0.5) is 18.9 Å². The zero-order chi connectivity index (χ0) is 16.3. The lowest BCUT2D eigenvalue weighted by Gasteiger charge is -2.38. The van der Waals surface area contributed by atoms with Crippen LogP contribution in [0.2, 0.25) is 0 Å². The van der Waals surface area contributed by atoms with Gasteiger partial charge in [-0.15, -0.1) is 13.2 Å². The van der Waals surface area contributed by atoms with Crippen molar-refractivity contribution in [3.8, 4) is 5.75 Å². The maximum atomic E-state index is 12.4. The van der Waals surface area contributed by atoms with Gasteiger partial charge in [-0.2, -0.15) is 0 Å². The molecule has 0 aromatic heterocycles. The van der Waals surface area contributed by atoms with Crippen molar-refractivity contribution in [1.29, 1.82) is 0 Å². The molecule has 0 aliphatic carbocycles. The quantitative estimate of drug-likeness (QED) is 0.800. The molecule has 0 atom stereocenters.